The van der Waals surface area contributed by atoms with Crippen molar-refractivity contribution in [2.45, 2.75) is 11.8 Å². The van der Waals surface area contributed by atoms with Gasteiger partial charge < -0.3 is 4.98 Å². The number of sulfone groups is 1. The molecule has 7 heteroatoms. The Morgan fingerprint density at radius 1 is 1.24 bits per heavy atom. The number of benzene rings is 1. The largest absolute Gasteiger partial charge is 0.325 e. The highest BCUT2D eigenvalue weighted by molar-refractivity contribution is 7.90. The summed E-state index contributed by atoms with van der Waals surface area (Å²) in [4.78, 5) is 14.3. The Bertz CT molecular complexity index is 924. The van der Waals surface area contributed by atoms with Crippen molar-refractivity contribution in [2.75, 3.05) is 6.26 Å². The lowest BCUT2D eigenvalue weighted by atomic mass is 10.0. The Morgan fingerprint density at radius 2 is 1.90 bits per heavy atom. The van der Waals surface area contributed by atoms with E-state index in [1.165, 1.54) is 18.2 Å². The molecule has 0 saturated heterocycles. The second kappa shape index (κ2) is 5.35. The Balaban J connectivity index is 2.93. The van der Waals surface area contributed by atoms with Crippen molar-refractivity contribution >= 4 is 21.4 Å². The molecule has 0 unspecified atom stereocenters. The van der Waals surface area contributed by atoms with Crippen LogP contribution in [0.5, 0.6) is 0 Å². The summed E-state index contributed by atoms with van der Waals surface area (Å²) in [6, 6.07) is 7.70. The minimum absolute atomic E-state index is 0.0171. The normalized spacial score (nSPS) is 11.1. The van der Waals surface area contributed by atoms with E-state index in [-0.39, 0.29) is 26.6 Å². The third-order valence-corrected chi connectivity index (χ3v) is 4.28. The number of aryl methyl sites for hydroxylation is 1. The number of halogens is 1. The average Bonchev–Trinajstić information content (AvgIpc) is 2.36. The molecule has 1 N–H and O–H groups in total. The van der Waals surface area contributed by atoms with E-state index in [0.29, 0.717) is 5.69 Å². The highest BCUT2D eigenvalue weighted by Gasteiger charge is 2.19. The van der Waals surface area contributed by atoms with Crippen molar-refractivity contribution in [3.8, 4) is 17.2 Å². The van der Waals surface area contributed by atoms with Crippen LogP contribution in [0.15, 0.2) is 34.0 Å². The van der Waals surface area contributed by atoms with Gasteiger partial charge in [-0.2, -0.15) is 5.26 Å². The molecule has 0 spiro atoms. The third-order valence-electron chi connectivity index (χ3n) is 2.91. The molecule has 0 aliphatic heterocycles. The van der Waals surface area contributed by atoms with Gasteiger partial charge in [0.1, 0.15) is 11.6 Å². The predicted octanol–water partition coefficient (Wildman–Crippen LogP) is 2.28. The maximum atomic E-state index is 11.9. The van der Waals surface area contributed by atoms with Crippen molar-refractivity contribution in [3.05, 3.63) is 50.9 Å². The highest BCUT2D eigenvalue weighted by Crippen LogP contribution is 2.31. The van der Waals surface area contributed by atoms with E-state index < -0.39 is 15.4 Å². The Hall–Kier alpha value is -2.10. The molecule has 0 radical (unpaired) electrons. The van der Waals surface area contributed by atoms with E-state index in [4.69, 9.17) is 16.9 Å². The fourth-order valence-electron chi connectivity index (χ4n) is 2.04. The van der Waals surface area contributed by atoms with Gasteiger partial charge in [0.25, 0.3) is 5.56 Å². The molecule has 0 fully saturated rings. The number of hydrogen-bond acceptors (Lipinski definition) is 4. The van der Waals surface area contributed by atoms with Crippen molar-refractivity contribution < 1.29 is 8.42 Å². The zero-order valence-electron chi connectivity index (χ0n) is 11.3. The lowest BCUT2D eigenvalue weighted by molar-refractivity contribution is 0.602. The summed E-state index contributed by atoms with van der Waals surface area (Å²) in [5.41, 5.74) is 0.404. The molecule has 0 aliphatic rings. The molecule has 1 heterocycles. The summed E-state index contributed by atoms with van der Waals surface area (Å²) < 4.78 is 23.8. The first-order valence-electron chi connectivity index (χ1n) is 5.88. The van der Waals surface area contributed by atoms with Gasteiger partial charge in [-0.1, -0.05) is 17.7 Å². The summed E-state index contributed by atoms with van der Waals surface area (Å²) >= 11 is 5.85. The standard InChI is InChI=1S/C14H11ClN2O3S/c1-8-5-11(12(7-16)14(18)17-8)10-4-3-9(15)6-13(10)21(2,19)20/h3-6H,1-2H3,(H,17,18). The topological polar surface area (TPSA) is 90.8 Å². The van der Waals surface area contributed by atoms with Gasteiger partial charge in [-0.3, -0.25) is 4.79 Å². The number of rotatable bonds is 2. The average molecular weight is 323 g/mol. The monoisotopic (exact) mass is 322 g/mol. The van der Waals surface area contributed by atoms with Gasteiger partial charge >= 0.3 is 0 Å². The summed E-state index contributed by atoms with van der Waals surface area (Å²) in [6.07, 6.45) is 1.05. The molecule has 0 atom stereocenters. The lowest BCUT2D eigenvalue weighted by Crippen LogP contribution is -2.13. The van der Waals surface area contributed by atoms with Crippen LogP contribution in [0, 0.1) is 18.3 Å². The molecule has 108 valence electrons. The second-order valence-electron chi connectivity index (χ2n) is 4.59. The number of aromatic amines is 1. The summed E-state index contributed by atoms with van der Waals surface area (Å²) in [7, 11) is -3.56. The van der Waals surface area contributed by atoms with Crippen LogP contribution >= 0.6 is 11.6 Å². The Kier molecular flexibility index (Phi) is 3.90. The molecule has 2 rings (SSSR count). The van der Waals surface area contributed by atoms with E-state index in [2.05, 4.69) is 4.98 Å². The van der Waals surface area contributed by atoms with Gasteiger partial charge in [-0.25, -0.2) is 8.42 Å². The van der Waals surface area contributed by atoms with Crippen molar-refractivity contribution in [2.24, 2.45) is 0 Å². The highest BCUT2D eigenvalue weighted by atomic mass is 35.5. The van der Waals surface area contributed by atoms with E-state index in [1.54, 1.807) is 13.0 Å². The van der Waals surface area contributed by atoms with Crippen LogP contribution in [0.25, 0.3) is 11.1 Å². The number of hydrogen-bond donors (Lipinski definition) is 1. The summed E-state index contributed by atoms with van der Waals surface area (Å²) in [5, 5.41) is 9.42. The van der Waals surface area contributed by atoms with Gasteiger partial charge in [0.15, 0.2) is 9.84 Å². The Labute approximate surface area is 126 Å². The van der Waals surface area contributed by atoms with Crippen molar-refractivity contribution in [3.63, 3.8) is 0 Å². The molecule has 0 saturated carbocycles. The molecule has 1 aromatic heterocycles. The van der Waals surface area contributed by atoms with Crippen molar-refractivity contribution in [1.82, 2.24) is 4.98 Å². The fraction of sp³-hybridized carbons (Fsp3) is 0.143. The van der Waals surface area contributed by atoms with Crippen LogP contribution in [0.2, 0.25) is 5.02 Å². The molecular weight excluding hydrogens is 312 g/mol. The van der Waals surface area contributed by atoms with Gasteiger partial charge in [0, 0.05) is 28.1 Å². The molecule has 0 aliphatic carbocycles. The predicted molar refractivity (Wildman–Crippen MR) is 80.1 cm³/mol. The number of H-pyrrole nitrogens is 1. The summed E-state index contributed by atoms with van der Waals surface area (Å²) in [5.74, 6) is 0. The second-order valence-corrected chi connectivity index (χ2v) is 7.02. The quantitative estimate of drug-likeness (QED) is 0.918. The Morgan fingerprint density at radius 3 is 2.48 bits per heavy atom. The van der Waals surface area contributed by atoms with Crippen LogP contribution in [-0.4, -0.2) is 19.7 Å². The van der Waals surface area contributed by atoms with E-state index >= 15 is 0 Å². The molecular formula is C14H11ClN2O3S. The SMILES string of the molecule is Cc1cc(-c2ccc(Cl)cc2S(C)(=O)=O)c(C#N)c(=O)[nH]1. The maximum absolute atomic E-state index is 11.9. The van der Waals surface area contributed by atoms with Gasteiger partial charge in [0.05, 0.1) is 4.90 Å². The first kappa shape index (κ1) is 15.3. The van der Waals surface area contributed by atoms with Gasteiger partial charge in [0.2, 0.25) is 0 Å². The van der Waals surface area contributed by atoms with Crippen LogP contribution in [0.1, 0.15) is 11.3 Å². The molecule has 1 aromatic carbocycles. The number of nitriles is 1. The van der Waals surface area contributed by atoms with Crippen LogP contribution in [-0.2, 0) is 9.84 Å². The lowest BCUT2D eigenvalue weighted by Gasteiger charge is -2.10. The number of nitrogens with zero attached hydrogens (tertiary/aromatic N) is 1. The molecule has 2 aromatic rings. The van der Waals surface area contributed by atoms with Crippen molar-refractivity contribution in [1.29, 1.82) is 5.26 Å². The third kappa shape index (κ3) is 2.99. The molecule has 5 nitrogen and oxygen atoms in total. The maximum Gasteiger partial charge on any atom is 0.266 e. The van der Waals surface area contributed by atoms with Gasteiger partial charge in [-0.05, 0) is 25.1 Å². The van der Waals surface area contributed by atoms with Crippen LogP contribution in [0.3, 0.4) is 0 Å². The van der Waals surface area contributed by atoms with E-state index in [0.717, 1.165) is 6.26 Å². The smallest absolute Gasteiger partial charge is 0.266 e. The van der Waals surface area contributed by atoms with E-state index in [1.807, 2.05) is 6.07 Å². The number of pyridine rings is 1. The fourth-order valence-corrected chi connectivity index (χ4v) is 3.19. The van der Waals surface area contributed by atoms with Crippen LogP contribution in [0.4, 0.5) is 0 Å². The minimum atomic E-state index is -3.56. The minimum Gasteiger partial charge on any atom is -0.325 e. The number of aromatic nitrogens is 1. The molecule has 0 bridgehead atoms. The number of nitrogens with one attached hydrogen (secondary N) is 1. The first-order valence-corrected chi connectivity index (χ1v) is 8.15. The first-order chi connectivity index (χ1) is 9.74. The molecule has 0 amide bonds. The molecule has 21 heavy (non-hydrogen) atoms. The van der Waals surface area contributed by atoms with Gasteiger partial charge in [-0.15, -0.1) is 0 Å². The summed E-state index contributed by atoms with van der Waals surface area (Å²) in [6.45, 7) is 1.65. The van der Waals surface area contributed by atoms with E-state index in [9.17, 15) is 13.2 Å². The van der Waals surface area contributed by atoms with Crippen LogP contribution < -0.4 is 5.56 Å². The zero-order chi connectivity index (χ0) is 15.8. The zero-order valence-corrected chi connectivity index (χ0v) is 12.8.